The van der Waals surface area contributed by atoms with Gasteiger partial charge in [0.1, 0.15) is 11.5 Å². The van der Waals surface area contributed by atoms with E-state index in [4.69, 9.17) is 32.2 Å². The molecule has 4 aromatic rings. The Labute approximate surface area is 192 Å². The molecule has 32 heavy (non-hydrogen) atoms. The third-order valence-corrected chi connectivity index (χ3v) is 5.19. The highest BCUT2D eigenvalue weighted by atomic mass is 32.1. The van der Waals surface area contributed by atoms with Crippen molar-refractivity contribution in [1.29, 1.82) is 0 Å². The van der Waals surface area contributed by atoms with E-state index in [9.17, 15) is 0 Å². The summed E-state index contributed by atoms with van der Waals surface area (Å²) < 4.78 is 17.0. The maximum absolute atomic E-state index is 6.17. The fourth-order valence-corrected chi connectivity index (χ4v) is 3.71. The van der Waals surface area contributed by atoms with Crippen LogP contribution in [0.15, 0.2) is 72.9 Å². The number of nitrogens with zero attached hydrogens (tertiary/aromatic N) is 2. The lowest BCUT2D eigenvalue weighted by Gasteiger charge is -2.23. The first-order chi connectivity index (χ1) is 15.5. The molecule has 0 fully saturated rings. The van der Waals surface area contributed by atoms with Crippen molar-refractivity contribution in [3.63, 3.8) is 0 Å². The van der Waals surface area contributed by atoms with Gasteiger partial charge < -0.3 is 19.9 Å². The molecule has 0 unspecified atom stereocenters. The van der Waals surface area contributed by atoms with Crippen LogP contribution in [-0.2, 0) is 0 Å². The van der Waals surface area contributed by atoms with Crippen LogP contribution in [0.2, 0.25) is 0 Å². The van der Waals surface area contributed by atoms with Crippen LogP contribution in [0.1, 0.15) is 5.56 Å². The van der Waals surface area contributed by atoms with E-state index >= 15 is 0 Å². The van der Waals surface area contributed by atoms with E-state index in [2.05, 4.69) is 4.98 Å². The predicted molar refractivity (Wildman–Crippen MR) is 131 cm³/mol. The van der Waals surface area contributed by atoms with Crippen molar-refractivity contribution >= 4 is 39.6 Å². The van der Waals surface area contributed by atoms with Crippen molar-refractivity contribution in [2.24, 2.45) is 5.73 Å². The van der Waals surface area contributed by atoms with Gasteiger partial charge in [-0.25, -0.2) is 0 Å². The van der Waals surface area contributed by atoms with Crippen molar-refractivity contribution in [3.8, 4) is 23.0 Å². The molecule has 1 heterocycles. The van der Waals surface area contributed by atoms with Crippen molar-refractivity contribution in [1.82, 2.24) is 4.98 Å². The molecule has 0 saturated carbocycles. The highest BCUT2D eigenvalue weighted by molar-refractivity contribution is 7.80. The fraction of sp³-hybridized carbons (Fsp3) is 0.120. The quantitative estimate of drug-likeness (QED) is 0.380. The number of thiocarbonyl (C=S) groups is 1. The molecule has 4 rings (SSSR count). The molecule has 0 bridgehead atoms. The number of ether oxygens (including phenoxy) is 3. The molecular weight excluding hydrogens is 422 g/mol. The lowest BCUT2D eigenvalue weighted by Crippen LogP contribution is -2.31. The second-order valence-corrected chi connectivity index (χ2v) is 7.56. The molecule has 0 radical (unpaired) electrons. The molecule has 3 aromatic carbocycles. The molecule has 0 aliphatic carbocycles. The fourth-order valence-electron chi connectivity index (χ4n) is 3.50. The summed E-state index contributed by atoms with van der Waals surface area (Å²) in [6, 6.07) is 21.1. The molecule has 0 spiro atoms. The number of benzene rings is 3. The van der Waals surface area contributed by atoms with Gasteiger partial charge in [0.15, 0.2) is 16.6 Å². The van der Waals surface area contributed by atoms with Crippen molar-refractivity contribution in [2.45, 2.75) is 6.92 Å². The van der Waals surface area contributed by atoms with Gasteiger partial charge in [0, 0.05) is 29.0 Å². The van der Waals surface area contributed by atoms with Gasteiger partial charge in [-0.2, -0.15) is 0 Å². The van der Waals surface area contributed by atoms with Gasteiger partial charge in [0.05, 0.1) is 19.7 Å². The van der Waals surface area contributed by atoms with Crippen molar-refractivity contribution in [3.05, 3.63) is 78.5 Å². The first kappa shape index (κ1) is 21.4. The average Bonchev–Trinajstić information content (AvgIpc) is 2.79. The number of rotatable bonds is 6. The molecule has 162 valence electrons. The van der Waals surface area contributed by atoms with E-state index in [0.717, 1.165) is 27.8 Å². The molecule has 0 aliphatic heterocycles. The van der Waals surface area contributed by atoms with Gasteiger partial charge >= 0.3 is 0 Å². The Morgan fingerprint density at radius 2 is 1.59 bits per heavy atom. The number of methoxy groups -OCH3 is 2. The molecular formula is C25H23N3O3S. The van der Waals surface area contributed by atoms with Gasteiger partial charge in [-0.1, -0.05) is 12.1 Å². The van der Waals surface area contributed by atoms with Gasteiger partial charge in [0.25, 0.3) is 0 Å². The standard InChI is InChI=1S/C25H23N3O3S/c1-16-5-4-6-18(13-16)28(25(26)32)17-7-9-19(10-8-17)31-22-11-12-27-21-15-24(30-3)23(29-2)14-20(21)22/h4-15H,1-3H3,(H2,26,32). The number of anilines is 2. The Morgan fingerprint density at radius 1 is 0.875 bits per heavy atom. The zero-order valence-electron chi connectivity index (χ0n) is 18.0. The van der Waals surface area contributed by atoms with Crippen LogP contribution in [-0.4, -0.2) is 24.3 Å². The lowest BCUT2D eigenvalue weighted by atomic mass is 10.1. The van der Waals surface area contributed by atoms with Crippen LogP contribution in [0, 0.1) is 6.92 Å². The van der Waals surface area contributed by atoms with Gasteiger partial charge in [-0.05, 0) is 73.2 Å². The van der Waals surface area contributed by atoms with Crippen LogP contribution in [0.25, 0.3) is 10.9 Å². The van der Waals surface area contributed by atoms with Gasteiger partial charge in [-0.3, -0.25) is 9.88 Å². The number of aryl methyl sites for hydroxylation is 1. The summed E-state index contributed by atoms with van der Waals surface area (Å²) in [6.07, 6.45) is 1.70. The minimum atomic E-state index is 0.269. The number of fused-ring (bicyclic) bond motifs is 1. The van der Waals surface area contributed by atoms with E-state index in [0.29, 0.717) is 23.0 Å². The summed E-state index contributed by atoms with van der Waals surface area (Å²) in [5.41, 5.74) is 9.65. The Bertz CT molecular complexity index is 1280. The normalized spacial score (nSPS) is 10.6. The van der Waals surface area contributed by atoms with Crippen LogP contribution in [0.5, 0.6) is 23.0 Å². The Kier molecular flexibility index (Phi) is 6.09. The third-order valence-electron chi connectivity index (χ3n) is 5.01. The summed E-state index contributed by atoms with van der Waals surface area (Å²) >= 11 is 5.30. The average molecular weight is 446 g/mol. The van der Waals surface area contributed by atoms with E-state index in [1.807, 2.05) is 78.6 Å². The largest absolute Gasteiger partial charge is 0.493 e. The van der Waals surface area contributed by atoms with Crippen LogP contribution >= 0.6 is 12.2 Å². The summed E-state index contributed by atoms with van der Waals surface area (Å²) in [6.45, 7) is 2.03. The maximum Gasteiger partial charge on any atom is 0.175 e. The Hall–Kier alpha value is -3.84. The number of hydrogen-bond acceptors (Lipinski definition) is 5. The molecule has 0 amide bonds. The molecule has 0 saturated heterocycles. The van der Waals surface area contributed by atoms with Crippen molar-refractivity contribution in [2.75, 3.05) is 19.1 Å². The number of aromatic nitrogens is 1. The third kappa shape index (κ3) is 4.29. The summed E-state index contributed by atoms with van der Waals surface area (Å²) in [5.74, 6) is 2.55. The summed E-state index contributed by atoms with van der Waals surface area (Å²) in [4.78, 5) is 6.24. The van der Waals surface area contributed by atoms with Gasteiger partial charge in [0.2, 0.25) is 0 Å². The second kappa shape index (κ2) is 9.11. The monoisotopic (exact) mass is 445 g/mol. The zero-order valence-corrected chi connectivity index (χ0v) is 18.8. The van der Waals surface area contributed by atoms with Crippen molar-refractivity contribution < 1.29 is 14.2 Å². The second-order valence-electron chi connectivity index (χ2n) is 7.14. The summed E-state index contributed by atoms with van der Waals surface area (Å²) in [5, 5.41) is 1.09. The van der Waals surface area contributed by atoms with Crippen LogP contribution in [0.3, 0.4) is 0 Å². The van der Waals surface area contributed by atoms with E-state index < -0.39 is 0 Å². The predicted octanol–water partition coefficient (Wildman–Crippen LogP) is 5.73. The number of pyridine rings is 1. The number of hydrogen-bond donors (Lipinski definition) is 1. The molecule has 0 atom stereocenters. The van der Waals surface area contributed by atoms with E-state index in [1.54, 1.807) is 20.4 Å². The van der Waals surface area contributed by atoms with Crippen LogP contribution < -0.4 is 24.8 Å². The molecule has 2 N–H and O–H groups in total. The Balaban J connectivity index is 1.65. The minimum absolute atomic E-state index is 0.269. The topological polar surface area (TPSA) is 69.8 Å². The minimum Gasteiger partial charge on any atom is -0.493 e. The highest BCUT2D eigenvalue weighted by Crippen LogP contribution is 2.37. The first-order valence-electron chi connectivity index (χ1n) is 9.95. The first-order valence-corrected chi connectivity index (χ1v) is 10.4. The molecule has 1 aromatic heterocycles. The zero-order chi connectivity index (χ0) is 22.7. The maximum atomic E-state index is 6.17. The lowest BCUT2D eigenvalue weighted by molar-refractivity contribution is 0.355. The summed E-state index contributed by atoms with van der Waals surface area (Å²) in [7, 11) is 3.19. The van der Waals surface area contributed by atoms with Crippen LogP contribution in [0.4, 0.5) is 11.4 Å². The van der Waals surface area contributed by atoms with E-state index in [1.165, 1.54) is 0 Å². The molecule has 6 nitrogen and oxygen atoms in total. The van der Waals surface area contributed by atoms with Gasteiger partial charge in [-0.15, -0.1) is 0 Å². The SMILES string of the molecule is COc1cc2nccc(Oc3ccc(N(C(N)=S)c4cccc(C)c4)cc3)c2cc1OC. The number of nitrogens with two attached hydrogens (primary N) is 1. The molecule has 0 aliphatic rings. The molecule has 7 heteroatoms. The van der Waals surface area contributed by atoms with E-state index in [-0.39, 0.29) is 5.11 Å². The highest BCUT2D eigenvalue weighted by Gasteiger charge is 2.14. The Morgan fingerprint density at radius 3 is 2.25 bits per heavy atom. The smallest absolute Gasteiger partial charge is 0.175 e.